The fourth-order valence-electron chi connectivity index (χ4n) is 1.33. The van der Waals surface area contributed by atoms with Crippen molar-refractivity contribution in [2.75, 3.05) is 25.1 Å². The predicted octanol–water partition coefficient (Wildman–Crippen LogP) is 2.64. The van der Waals surface area contributed by atoms with Crippen LogP contribution in [0, 0.1) is 17.5 Å². The molecule has 0 spiro atoms. The zero-order valence-electron chi connectivity index (χ0n) is 10.0. The average Bonchev–Trinajstić information content (AvgIpc) is 2.40. The number of alkyl halides is 1. The molecule has 0 fully saturated rings. The Hall–Kier alpha value is -1.08. The Morgan fingerprint density at radius 3 is 2.63 bits per heavy atom. The second kappa shape index (κ2) is 8.16. The van der Waals surface area contributed by atoms with Crippen molar-refractivity contribution in [2.45, 2.75) is 6.42 Å². The summed E-state index contributed by atoms with van der Waals surface area (Å²) in [5, 5.41) is 3.13. The molecular formula is C12H13BrF3NO2. The molecule has 0 aliphatic carbocycles. The van der Waals surface area contributed by atoms with Crippen LogP contribution >= 0.6 is 15.9 Å². The lowest BCUT2D eigenvalue weighted by atomic mass is 10.2. The topological polar surface area (TPSA) is 38.3 Å². The lowest BCUT2D eigenvalue weighted by Crippen LogP contribution is -2.26. The van der Waals surface area contributed by atoms with Crippen LogP contribution in [-0.2, 0) is 4.74 Å². The standard InChI is InChI=1S/C12H13BrF3NO2/c13-4-7-19-6-1-5-17-12(18)8-2-3-9(14)11(16)10(8)15/h2-3H,1,4-7H2,(H,17,18). The largest absolute Gasteiger partial charge is 0.381 e. The Labute approximate surface area is 117 Å². The van der Waals surface area contributed by atoms with Gasteiger partial charge in [0.05, 0.1) is 12.2 Å². The van der Waals surface area contributed by atoms with Crippen molar-refractivity contribution in [1.82, 2.24) is 5.32 Å². The third-order valence-corrected chi connectivity index (χ3v) is 2.58. The summed E-state index contributed by atoms with van der Waals surface area (Å²) in [7, 11) is 0. The van der Waals surface area contributed by atoms with Crippen LogP contribution in [0.15, 0.2) is 12.1 Å². The van der Waals surface area contributed by atoms with Crippen molar-refractivity contribution in [3.05, 3.63) is 35.1 Å². The first kappa shape index (κ1) is 16.0. The maximum absolute atomic E-state index is 13.3. The fourth-order valence-corrected chi connectivity index (χ4v) is 1.56. The third-order valence-electron chi connectivity index (χ3n) is 2.25. The number of ether oxygens (including phenoxy) is 1. The molecule has 1 N–H and O–H groups in total. The van der Waals surface area contributed by atoms with Crippen LogP contribution in [0.4, 0.5) is 13.2 Å². The van der Waals surface area contributed by atoms with Crippen molar-refractivity contribution in [3.63, 3.8) is 0 Å². The third kappa shape index (κ3) is 4.83. The average molecular weight is 340 g/mol. The van der Waals surface area contributed by atoms with E-state index in [1.54, 1.807) is 0 Å². The zero-order chi connectivity index (χ0) is 14.3. The van der Waals surface area contributed by atoms with Gasteiger partial charge in [-0.25, -0.2) is 13.2 Å². The van der Waals surface area contributed by atoms with E-state index >= 15 is 0 Å². The molecule has 0 saturated heterocycles. The number of hydrogen-bond donors (Lipinski definition) is 1. The van der Waals surface area contributed by atoms with E-state index in [1.807, 2.05) is 0 Å². The van der Waals surface area contributed by atoms with E-state index < -0.39 is 28.9 Å². The van der Waals surface area contributed by atoms with E-state index in [-0.39, 0.29) is 6.54 Å². The number of rotatable bonds is 7. The fraction of sp³-hybridized carbons (Fsp3) is 0.417. The van der Waals surface area contributed by atoms with Crippen LogP contribution in [0.1, 0.15) is 16.8 Å². The van der Waals surface area contributed by atoms with Crippen LogP contribution in [-0.4, -0.2) is 31.0 Å². The van der Waals surface area contributed by atoms with Crippen molar-refractivity contribution in [3.8, 4) is 0 Å². The molecule has 7 heteroatoms. The van der Waals surface area contributed by atoms with Gasteiger partial charge in [-0.05, 0) is 18.6 Å². The first-order valence-corrected chi connectivity index (χ1v) is 6.75. The Balaban J connectivity index is 2.44. The van der Waals surface area contributed by atoms with Gasteiger partial charge in [0.15, 0.2) is 17.5 Å². The Morgan fingerprint density at radius 2 is 1.95 bits per heavy atom. The molecule has 1 aromatic rings. The second-order valence-corrected chi connectivity index (χ2v) is 4.43. The van der Waals surface area contributed by atoms with Crippen LogP contribution in [0.25, 0.3) is 0 Å². The van der Waals surface area contributed by atoms with E-state index in [4.69, 9.17) is 4.74 Å². The lowest BCUT2D eigenvalue weighted by molar-refractivity contribution is 0.0939. The minimum Gasteiger partial charge on any atom is -0.381 e. The van der Waals surface area contributed by atoms with Crippen molar-refractivity contribution >= 4 is 21.8 Å². The highest BCUT2D eigenvalue weighted by Crippen LogP contribution is 2.14. The summed E-state index contributed by atoms with van der Waals surface area (Å²) in [5.41, 5.74) is -0.514. The van der Waals surface area contributed by atoms with Crippen LogP contribution in [0.3, 0.4) is 0 Å². The predicted molar refractivity (Wildman–Crippen MR) is 67.9 cm³/mol. The number of carbonyl (C=O) groups is 1. The van der Waals surface area contributed by atoms with E-state index in [9.17, 15) is 18.0 Å². The minimum atomic E-state index is -1.65. The smallest absolute Gasteiger partial charge is 0.254 e. The minimum absolute atomic E-state index is 0.263. The van der Waals surface area contributed by atoms with Gasteiger partial charge in [-0.1, -0.05) is 15.9 Å². The highest BCUT2D eigenvalue weighted by Gasteiger charge is 2.18. The summed E-state index contributed by atoms with van der Waals surface area (Å²) < 4.78 is 44.0. The molecule has 0 unspecified atom stereocenters. The van der Waals surface area contributed by atoms with Crippen LogP contribution < -0.4 is 5.32 Å². The van der Waals surface area contributed by atoms with Crippen molar-refractivity contribution in [1.29, 1.82) is 0 Å². The SMILES string of the molecule is O=C(NCCCOCCBr)c1ccc(F)c(F)c1F. The lowest BCUT2D eigenvalue weighted by Gasteiger charge is -2.07. The number of halogens is 4. The molecule has 0 heterocycles. The first-order chi connectivity index (χ1) is 9.07. The number of hydrogen-bond acceptors (Lipinski definition) is 2. The molecule has 106 valence electrons. The Kier molecular flexibility index (Phi) is 6.86. The zero-order valence-corrected chi connectivity index (χ0v) is 11.6. The quantitative estimate of drug-likeness (QED) is 0.471. The molecule has 1 rings (SSSR count). The summed E-state index contributed by atoms with van der Waals surface area (Å²) in [4.78, 5) is 11.5. The number of nitrogens with one attached hydrogen (secondary N) is 1. The summed E-state index contributed by atoms with van der Waals surface area (Å²) in [6.45, 7) is 1.28. The van der Waals surface area contributed by atoms with Gasteiger partial charge in [-0.2, -0.15) is 0 Å². The molecule has 3 nitrogen and oxygen atoms in total. The molecule has 1 aromatic carbocycles. The highest BCUT2D eigenvalue weighted by molar-refractivity contribution is 9.09. The van der Waals surface area contributed by atoms with Gasteiger partial charge >= 0.3 is 0 Å². The van der Waals surface area contributed by atoms with Gasteiger partial charge in [-0.3, -0.25) is 4.79 Å². The molecule has 0 saturated carbocycles. The summed E-state index contributed by atoms with van der Waals surface area (Å²) in [6.07, 6.45) is 0.546. The molecule has 0 aliphatic heterocycles. The maximum Gasteiger partial charge on any atom is 0.254 e. The van der Waals surface area contributed by atoms with E-state index in [1.165, 1.54) is 0 Å². The molecular weight excluding hydrogens is 327 g/mol. The monoisotopic (exact) mass is 339 g/mol. The van der Waals surface area contributed by atoms with Crippen molar-refractivity contribution in [2.24, 2.45) is 0 Å². The van der Waals surface area contributed by atoms with Gasteiger partial charge in [0, 0.05) is 18.5 Å². The normalized spacial score (nSPS) is 10.5. The van der Waals surface area contributed by atoms with Gasteiger partial charge in [0.25, 0.3) is 5.91 Å². The number of benzene rings is 1. The molecule has 0 aliphatic rings. The van der Waals surface area contributed by atoms with E-state index in [0.29, 0.717) is 25.7 Å². The summed E-state index contributed by atoms with van der Waals surface area (Å²) >= 11 is 3.19. The highest BCUT2D eigenvalue weighted by atomic mass is 79.9. The molecule has 0 radical (unpaired) electrons. The van der Waals surface area contributed by atoms with Gasteiger partial charge in [0.2, 0.25) is 0 Å². The van der Waals surface area contributed by atoms with Crippen LogP contribution in [0.5, 0.6) is 0 Å². The maximum atomic E-state index is 13.3. The van der Waals surface area contributed by atoms with Crippen molar-refractivity contribution < 1.29 is 22.7 Å². The number of carbonyl (C=O) groups excluding carboxylic acids is 1. The van der Waals surface area contributed by atoms with E-state index in [2.05, 4.69) is 21.2 Å². The number of amides is 1. The molecule has 0 aromatic heterocycles. The second-order valence-electron chi connectivity index (χ2n) is 3.63. The molecule has 0 bridgehead atoms. The Morgan fingerprint density at radius 1 is 1.21 bits per heavy atom. The summed E-state index contributed by atoms with van der Waals surface area (Å²) in [6, 6.07) is 1.62. The van der Waals surface area contributed by atoms with Gasteiger partial charge < -0.3 is 10.1 Å². The van der Waals surface area contributed by atoms with Gasteiger partial charge in [0.1, 0.15) is 0 Å². The molecule has 1 amide bonds. The van der Waals surface area contributed by atoms with Gasteiger partial charge in [-0.15, -0.1) is 0 Å². The summed E-state index contributed by atoms with van der Waals surface area (Å²) in [5.74, 6) is -5.23. The molecule has 19 heavy (non-hydrogen) atoms. The first-order valence-electron chi connectivity index (χ1n) is 5.63. The molecule has 0 atom stereocenters. The van der Waals surface area contributed by atoms with E-state index in [0.717, 1.165) is 11.4 Å². The van der Waals surface area contributed by atoms with Crippen LogP contribution in [0.2, 0.25) is 0 Å². The Bertz CT molecular complexity index is 443.